The number of amides is 1. The van der Waals surface area contributed by atoms with E-state index in [4.69, 9.17) is 4.74 Å². The van der Waals surface area contributed by atoms with Gasteiger partial charge in [0, 0.05) is 13.7 Å². The number of halogens is 2. The summed E-state index contributed by atoms with van der Waals surface area (Å²) in [6, 6.07) is 14.5. The summed E-state index contributed by atoms with van der Waals surface area (Å²) < 4.78 is 7.18. The Kier molecular flexibility index (Phi) is 4.60. The Hall–Kier alpha value is -1.08. The first-order chi connectivity index (χ1) is 8.63. The highest BCUT2D eigenvalue weighted by atomic mass is 127. The molecule has 0 saturated heterocycles. The van der Waals surface area contributed by atoms with Crippen LogP contribution < -0.4 is 10.1 Å². The second-order valence-corrected chi connectivity index (χ2v) is 5.64. The fourth-order valence-corrected chi connectivity index (χ4v) is 1.91. The summed E-state index contributed by atoms with van der Waals surface area (Å²) in [6.07, 6.45) is -0.501. The Morgan fingerprint density at radius 2 is 1.67 bits per heavy atom. The zero-order chi connectivity index (χ0) is 13.0. The highest BCUT2D eigenvalue weighted by molar-refractivity contribution is 14.1. The quantitative estimate of drug-likeness (QED) is 0.721. The molecule has 1 N–H and O–H groups in total. The summed E-state index contributed by atoms with van der Waals surface area (Å²) in [6.45, 7) is 0. The molecule has 2 aromatic rings. The van der Waals surface area contributed by atoms with Crippen molar-refractivity contribution < 1.29 is 9.53 Å². The molecule has 0 atom stereocenters. The van der Waals surface area contributed by atoms with E-state index >= 15 is 0 Å². The van der Waals surface area contributed by atoms with E-state index in [9.17, 15) is 4.79 Å². The third-order valence-electron chi connectivity index (χ3n) is 2.11. The summed E-state index contributed by atoms with van der Waals surface area (Å²) in [5.41, 5.74) is 0.706. The van der Waals surface area contributed by atoms with Crippen LogP contribution in [0.15, 0.2) is 53.0 Å². The highest BCUT2D eigenvalue weighted by Crippen LogP contribution is 2.17. The molecule has 0 aliphatic heterocycles. The lowest BCUT2D eigenvalue weighted by molar-refractivity contribution is 0.215. The first-order valence-electron chi connectivity index (χ1n) is 5.13. The molecule has 2 rings (SSSR count). The molecule has 3 nitrogen and oxygen atoms in total. The molecule has 0 spiro atoms. The topological polar surface area (TPSA) is 38.3 Å². The summed E-state index contributed by atoms with van der Waals surface area (Å²) in [7, 11) is 0. The first-order valence-corrected chi connectivity index (χ1v) is 7.00. The minimum atomic E-state index is -0.501. The fraction of sp³-hybridized carbons (Fsp3) is 0. The molecule has 92 valence electrons. The normalized spacial score (nSPS) is 9.89. The molecule has 5 heteroatoms. The maximum absolute atomic E-state index is 11.6. The van der Waals surface area contributed by atoms with Gasteiger partial charge in [0.25, 0.3) is 0 Å². The van der Waals surface area contributed by atoms with Gasteiger partial charge in [-0.15, -0.1) is 0 Å². The van der Waals surface area contributed by atoms with Crippen molar-refractivity contribution in [3.05, 3.63) is 56.6 Å². The van der Waals surface area contributed by atoms with Gasteiger partial charge in [0.05, 0.1) is 0 Å². The molecular weight excluding hydrogens is 409 g/mol. The Labute approximate surface area is 127 Å². The molecule has 1 amide bonds. The van der Waals surface area contributed by atoms with Crippen molar-refractivity contribution in [3.63, 3.8) is 0 Å². The predicted molar refractivity (Wildman–Crippen MR) is 82.9 cm³/mol. The maximum atomic E-state index is 11.6. The van der Waals surface area contributed by atoms with Crippen LogP contribution in [0, 0.1) is 3.57 Å². The van der Waals surface area contributed by atoms with Crippen molar-refractivity contribution in [3.8, 4) is 5.75 Å². The van der Waals surface area contributed by atoms with E-state index in [-0.39, 0.29) is 0 Å². The second kappa shape index (κ2) is 6.19. The summed E-state index contributed by atoms with van der Waals surface area (Å²) in [5, 5.41) is 2.66. The minimum absolute atomic E-state index is 0.501. The van der Waals surface area contributed by atoms with E-state index in [1.165, 1.54) is 0 Å². The molecule has 0 radical (unpaired) electrons. The molecule has 0 aliphatic carbocycles. The molecule has 0 heterocycles. The predicted octanol–water partition coefficient (Wildman–Crippen LogP) is 4.66. The molecule has 18 heavy (non-hydrogen) atoms. The van der Waals surface area contributed by atoms with Crippen LogP contribution in [0.25, 0.3) is 0 Å². The van der Waals surface area contributed by atoms with Gasteiger partial charge >= 0.3 is 6.09 Å². The van der Waals surface area contributed by atoms with Crippen LogP contribution in [-0.2, 0) is 0 Å². The Morgan fingerprint density at radius 3 is 2.28 bits per heavy atom. The van der Waals surface area contributed by atoms with Crippen molar-refractivity contribution in [1.82, 2.24) is 0 Å². The van der Waals surface area contributed by atoms with Gasteiger partial charge in [-0.3, -0.25) is 5.32 Å². The Balaban J connectivity index is 1.96. The van der Waals surface area contributed by atoms with Crippen LogP contribution in [0.3, 0.4) is 0 Å². The maximum Gasteiger partial charge on any atom is 0.417 e. The monoisotopic (exact) mass is 417 g/mol. The Morgan fingerprint density at radius 1 is 1.06 bits per heavy atom. The van der Waals surface area contributed by atoms with Gasteiger partial charge in [-0.1, -0.05) is 15.9 Å². The van der Waals surface area contributed by atoms with Crippen LogP contribution in [0.2, 0.25) is 0 Å². The largest absolute Gasteiger partial charge is 0.417 e. The number of benzene rings is 2. The van der Waals surface area contributed by atoms with Crippen LogP contribution in [0.4, 0.5) is 10.5 Å². The lowest BCUT2D eigenvalue weighted by atomic mass is 10.3. The standard InChI is InChI=1S/C13H9BrINO2/c14-9-1-7-12(8-2-9)18-13(17)16-11-5-3-10(15)4-6-11/h1-8H,(H,16,17). The number of rotatable bonds is 2. The molecular formula is C13H9BrINO2. The van der Waals surface area contributed by atoms with E-state index in [1.807, 2.05) is 36.4 Å². The molecule has 0 aliphatic rings. The van der Waals surface area contributed by atoms with Gasteiger partial charge in [-0.05, 0) is 71.1 Å². The van der Waals surface area contributed by atoms with Crippen molar-refractivity contribution >= 4 is 50.3 Å². The highest BCUT2D eigenvalue weighted by Gasteiger charge is 2.04. The third-order valence-corrected chi connectivity index (χ3v) is 3.36. The first kappa shape index (κ1) is 13.4. The van der Waals surface area contributed by atoms with Crippen molar-refractivity contribution in [1.29, 1.82) is 0 Å². The van der Waals surface area contributed by atoms with Crippen LogP contribution in [0.5, 0.6) is 5.75 Å². The van der Waals surface area contributed by atoms with Crippen molar-refractivity contribution in [2.75, 3.05) is 5.32 Å². The summed E-state index contributed by atoms with van der Waals surface area (Å²) in [4.78, 5) is 11.6. The van der Waals surface area contributed by atoms with Crippen LogP contribution in [-0.4, -0.2) is 6.09 Å². The number of carbonyl (C=O) groups is 1. The van der Waals surface area contributed by atoms with E-state index in [1.54, 1.807) is 12.1 Å². The minimum Gasteiger partial charge on any atom is -0.410 e. The molecule has 0 saturated carbocycles. The van der Waals surface area contributed by atoms with Gasteiger partial charge in [-0.25, -0.2) is 4.79 Å². The molecule has 0 bridgehead atoms. The number of anilines is 1. The Bertz CT molecular complexity index is 490. The smallest absolute Gasteiger partial charge is 0.410 e. The van der Waals surface area contributed by atoms with Crippen molar-refractivity contribution in [2.24, 2.45) is 0 Å². The van der Waals surface area contributed by atoms with Gasteiger partial charge < -0.3 is 4.74 Å². The lowest BCUT2D eigenvalue weighted by Gasteiger charge is -2.06. The number of carbonyl (C=O) groups excluding carboxylic acids is 1. The number of ether oxygens (including phenoxy) is 1. The fourth-order valence-electron chi connectivity index (χ4n) is 1.29. The van der Waals surface area contributed by atoms with Gasteiger partial charge in [0.2, 0.25) is 0 Å². The SMILES string of the molecule is O=C(Nc1ccc(I)cc1)Oc1ccc(Br)cc1. The average molecular weight is 418 g/mol. The molecule has 0 unspecified atom stereocenters. The van der Waals surface area contributed by atoms with Gasteiger partial charge in [-0.2, -0.15) is 0 Å². The average Bonchev–Trinajstić information content (AvgIpc) is 2.35. The van der Waals surface area contributed by atoms with Crippen molar-refractivity contribution in [2.45, 2.75) is 0 Å². The number of nitrogens with one attached hydrogen (secondary N) is 1. The van der Waals surface area contributed by atoms with Gasteiger partial charge in [0.15, 0.2) is 0 Å². The molecule has 0 fully saturated rings. The molecule has 2 aromatic carbocycles. The molecule has 0 aromatic heterocycles. The van der Waals surface area contributed by atoms with Crippen LogP contribution in [0.1, 0.15) is 0 Å². The van der Waals surface area contributed by atoms with E-state index in [0.29, 0.717) is 11.4 Å². The third kappa shape index (κ3) is 3.99. The van der Waals surface area contributed by atoms with Gasteiger partial charge in [0.1, 0.15) is 5.75 Å². The zero-order valence-corrected chi connectivity index (χ0v) is 12.9. The second-order valence-electron chi connectivity index (χ2n) is 3.48. The van der Waals surface area contributed by atoms with Crippen LogP contribution >= 0.6 is 38.5 Å². The lowest BCUT2D eigenvalue weighted by Crippen LogP contribution is -2.16. The van der Waals surface area contributed by atoms with E-state index < -0.39 is 6.09 Å². The number of hydrogen-bond acceptors (Lipinski definition) is 2. The number of hydrogen-bond donors (Lipinski definition) is 1. The zero-order valence-electron chi connectivity index (χ0n) is 9.19. The van der Waals surface area contributed by atoms with E-state index in [0.717, 1.165) is 8.04 Å². The van der Waals surface area contributed by atoms with E-state index in [2.05, 4.69) is 43.8 Å². The summed E-state index contributed by atoms with van der Waals surface area (Å²) >= 11 is 5.52. The summed E-state index contributed by atoms with van der Waals surface area (Å²) in [5.74, 6) is 0.501.